The molecule has 0 aliphatic heterocycles. The van der Waals surface area contributed by atoms with Crippen molar-refractivity contribution in [2.24, 2.45) is 0 Å². The molecule has 0 radical (unpaired) electrons. The van der Waals surface area contributed by atoms with Crippen LogP contribution in [0.3, 0.4) is 0 Å². The maximum atomic E-state index is 5.64. The molecule has 60 valence electrons. The van der Waals surface area contributed by atoms with Crippen LogP contribution in [0, 0.1) is 0 Å². The molecule has 0 aliphatic carbocycles. The fraction of sp³-hybridized carbons (Fsp3) is 0.714. The highest BCUT2D eigenvalue weighted by Crippen LogP contribution is 2.04. The van der Waals surface area contributed by atoms with Crippen molar-refractivity contribution in [1.82, 2.24) is 5.32 Å². The largest absolute Gasteiger partial charge is 0.307 e. The highest BCUT2D eigenvalue weighted by atomic mass is 35.5. The zero-order valence-electron chi connectivity index (χ0n) is 6.54. The van der Waals surface area contributed by atoms with Gasteiger partial charge in [-0.2, -0.15) is 0 Å². The molecule has 0 amide bonds. The van der Waals surface area contributed by atoms with Gasteiger partial charge in [0.15, 0.2) is 0 Å². The molecule has 0 fully saturated rings. The maximum absolute atomic E-state index is 5.64. The van der Waals surface area contributed by atoms with Gasteiger partial charge in [0, 0.05) is 22.7 Å². The van der Waals surface area contributed by atoms with Gasteiger partial charge in [0.25, 0.3) is 0 Å². The van der Waals surface area contributed by atoms with Gasteiger partial charge < -0.3 is 5.32 Å². The van der Waals surface area contributed by atoms with Crippen molar-refractivity contribution in [2.45, 2.75) is 26.3 Å². The van der Waals surface area contributed by atoms with Gasteiger partial charge in [0.2, 0.25) is 0 Å². The Morgan fingerprint density at radius 3 is 2.30 bits per heavy atom. The fourth-order valence-corrected chi connectivity index (χ4v) is 0.532. The Morgan fingerprint density at radius 1 is 1.50 bits per heavy atom. The molecule has 0 rings (SSSR count). The van der Waals surface area contributed by atoms with Gasteiger partial charge in [-0.1, -0.05) is 23.2 Å². The Bertz CT molecular complexity index is 124. The van der Waals surface area contributed by atoms with Gasteiger partial charge in [0.1, 0.15) is 0 Å². The first kappa shape index (κ1) is 10.3. The summed E-state index contributed by atoms with van der Waals surface area (Å²) in [6.45, 7) is 6.86. The third kappa shape index (κ3) is 6.40. The molecule has 0 aliphatic rings. The Labute approximate surface area is 72.4 Å². The summed E-state index contributed by atoms with van der Waals surface area (Å²) in [5, 5.41) is 3.82. The minimum Gasteiger partial charge on any atom is -0.307 e. The summed E-state index contributed by atoms with van der Waals surface area (Å²) < 4.78 is 0. The van der Waals surface area contributed by atoms with Gasteiger partial charge >= 0.3 is 0 Å². The molecule has 1 nitrogen and oxygen atoms in total. The van der Waals surface area contributed by atoms with Gasteiger partial charge in [-0.05, 0) is 20.8 Å². The summed E-state index contributed by atoms with van der Waals surface area (Å²) in [6, 6.07) is 0. The SMILES string of the molecule is CC(C)(C)NCC(Cl)=CCl. The van der Waals surface area contributed by atoms with Crippen molar-refractivity contribution in [1.29, 1.82) is 0 Å². The van der Waals surface area contributed by atoms with Crippen molar-refractivity contribution in [3.63, 3.8) is 0 Å². The van der Waals surface area contributed by atoms with E-state index in [-0.39, 0.29) is 5.54 Å². The molecule has 0 saturated heterocycles. The van der Waals surface area contributed by atoms with E-state index in [2.05, 4.69) is 26.1 Å². The van der Waals surface area contributed by atoms with Crippen LogP contribution in [0.4, 0.5) is 0 Å². The van der Waals surface area contributed by atoms with E-state index < -0.39 is 0 Å². The van der Waals surface area contributed by atoms with Gasteiger partial charge in [-0.15, -0.1) is 0 Å². The van der Waals surface area contributed by atoms with E-state index >= 15 is 0 Å². The fourth-order valence-electron chi connectivity index (χ4n) is 0.388. The summed E-state index contributed by atoms with van der Waals surface area (Å²) in [7, 11) is 0. The van der Waals surface area contributed by atoms with Crippen LogP contribution >= 0.6 is 23.2 Å². The van der Waals surface area contributed by atoms with Crippen molar-refractivity contribution in [3.8, 4) is 0 Å². The summed E-state index contributed by atoms with van der Waals surface area (Å²) in [4.78, 5) is 0. The van der Waals surface area contributed by atoms with Crippen LogP contribution in [-0.2, 0) is 0 Å². The molecular weight excluding hydrogens is 169 g/mol. The number of rotatable bonds is 2. The lowest BCUT2D eigenvalue weighted by Gasteiger charge is -2.19. The molecule has 0 aromatic carbocycles. The second kappa shape index (κ2) is 4.22. The number of hydrogen-bond acceptors (Lipinski definition) is 1. The molecule has 0 aromatic heterocycles. The third-order valence-corrected chi connectivity index (χ3v) is 1.52. The normalized spacial score (nSPS) is 13.9. The van der Waals surface area contributed by atoms with Crippen LogP contribution in [0.2, 0.25) is 0 Å². The van der Waals surface area contributed by atoms with Crippen LogP contribution < -0.4 is 5.32 Å². The van der Waals surface area contributed by atoms with E-state index in [1.165, 1.54) is 5.54 Å². The summed E-state index contributed by atoms with van der Waals surface area (Å²) >= 11 is 11.0. The predicted molar refractivity (Wildman–Crippen MR) is 47.5 cm³/mol. The van der Waals surface area contributed by atoms with Crippen LogP contribution in [0.5, 0.6) is 0 Å². The predicted octanol–water partition coefficient (Wildman–Crippen LogP) is 2.69. The van der Waals surface area contributed by atoms with Gasteiger partial charge in [-0.3, -0.25) is 0 Å². The van der Waals surface area contributed by atoms with E-state index in [9.17, 15) is 0 Å². The lowest BCUT2D eigenvalue weighted by molar-refractivity contribution is 0.448. The minimum atomic E-state index is 0.0973. The molecule has 0 unspecified atom stereocenters. The lowest BCUT2D eigenvalue weighted by Crippen LogP contribution is -2.36. The summed E-state index contributed by atoms with van der Waals surface area (Å²) in [6.07, 6.45) is 0. The maximum Gasteiger partial charge on any atom is 0.0432 e. The lowest BCUT2D eigenvalue weighted by atomic mass is 10.1. The average molecular weight is 182 g/mol. The molecule has 1 N–H and O–H groups in total. The van der Waals surface area contributed by atoms with Crippen LogP contribution in [0.1, 0.15) is 20.8 Å². The van der Waals surface area contributed by atoms with E-state index in [1.807, 2.05) is 0 Å². The number of hydrogen-bond donors (Lipinski definition) is 1. The summed E-state index contributed by atoms with van der Waals surface area (Å²) in [5.41, 5.74) is 1.47. The number of halogens is 2. The van der Waals surface area contributed by atoms with Crippen molar-refractivity contribution >= 4 is 23.2 Å². The smallest absolute Gasteiger partial charge is 0.0432 e. The minimum absolute atomic E-state index is 0.0973. The Hall–Kier alpha value is 0.280. The quantitative estimate of drug-likeness (QED) is 0.692. The van der Waals surface area contributed by atoms with E-state index in [1.54, 1.807) is 0 Å². The molecule has 0 atom stereocenters. The third-order valence-electron chi connectivity index (χ3n) is 0.906. The van der Waals surface area contributed by atoms with E-state index in [0.29, 0.717) is 11.6 Å². The monoisotopic (exact) mass is 181 g/mol. The standard InChI is InChI=1S/C7H13Cl2N/c1-7(2,3)10-5-6(9)4-8/h4,10H,5H2,1-3H3. The molecule has 3 heteroatoms. The van der Waals surface area contributed by atoms with Crippen molar-refractivity contribution in [3.05, 3.63) is 10.6 Å². The zero-order valence-corrected chi connectivity index (χ0v) is 8.05. The van der Waals surface area contributed by atoms with Crippen molar-refractivity contribution < 1.29 is 0 Å². The first-order valence-electron chi connectivity index (χ1n) is 3.15. The topological polar surface area (TPSA) is 12.0 Å². The van der Waals surface area contributed by atoms with Crippen LogP contribution in [0.15, 0.2) is 10.6 Å². The first-order chi connectivity index (χ1) is 4.45. The second-order valence-electron chi connectivity index (χ2n) is 3.16. The van der Waals surface area contributed by atoms with Crippen molar-refractivity contribution in [2.75, 3.05) is 6.54 Å². The van der Waals surface area contributed by atoms with Crippen LogP contribution in [-0.4, -0.2) is 12.1 Å². The molecule has 0 saturated carbocycles. The molecule has 0 heterocycles. The highest BCUT2D eigenvalue weighted by molar-refractivity contribution is 6.36. The Balaban J connectivity index is 3.56. The van der Waals surface area contributed by atoms with Gasteiger partial charge in [0.05, 0.1) is 0 Å². The van der Waals surface area contributed by atoms with Crippen LogP contribution in [0.25, 0.3) is 0 Å². The molecule has 0 aromatic rings. The first-order valence-corrected chi connectivity index (χ1v) is 3.97. The Kier molecular flexibility index (Phi) is 4.34. The number of nitrogens with one attached hydrogen (secondary N) is 1. The second-order valence-corrected chi connectivity index (χ2v) is 3.86. The highest BCUT2D eigenvalue weighted by Gasteiger charge is 2.07. The molecular formula is C7H13Cl2N. The van der Waals surface area contributed by atoms with E-state index in [4.69, 9.17) is 23.2 Å². The average Bonchev–Trinajstić information content (AvgIpc) is 1.81. The Morgan fingerprint density at radius 2 is 2.00 bits per heavy atom. The van der Waals surface area contributed by atoms with E-state index in [0.717, 1.165) is 0 Å². The van der Waals surface area contributed by atoms with Gasteiger partial charge in [-0.25, -0.2) is 0 Å². The molecule has 10 heavy (non-hydrogen) atoms. The summed E-state index contributed by atoms with van der Waals surface area (Å²) in [5.74, 6) is 0. The molecule has 0 spiro atoms. The molecule has 0 bridgehead atoms. The zero-order chi connectivity index (χ0) is 8.20.